The van der Waals surface area contributed by atoms with Gasteiger partial charge in [-0.25, -0.2) is 0 Å². The van der Waals surface area contributed by atoms with Crippen molar-refractivity contribution in [2.24, 2.45) is 12.8 Å². The molecule has 0 saturated carbocycles. The summed E-state index contributed by atoms with van der Waals surface area (Å²) in [7, 11) is 4.10. The van der Waals surface area contributed by atoms with Crippen molar-refractivity contribution in [1.82, 2.24) is 9.78 Å². The predicted octanol–water partition coefficient (Wildman–Crippen LogP) is 3.08. The number of nitrogens with two attached hydrogens (primary N) is 1. The summed E-state index contributed by atoms with van der Waals surface area (Å²) in [4.78, 5) is 3.57. The fourth-order valence-electron chi connectivity index (χ4n) is 2.47. The summed E-state index contributed by atoms with van der Waals surface area (Å²) >= 11 is 5.26. The van der Waals surface area contributed by atoms with Crippen LogP contribution in [0.5, 0.6) is 0 Å². The average Bonchev–Trinajstić information content (AvgIpc) is 2.83. The molecule has 6 heteroatoms. The van der Waals surface area contributed by atoms with Gasteiger partial charge in [-0.1, -0.05) is 0 Å². The molecule has 2 N–H and O–H groups in total. The molecule has 4 nitrogen and oxygen atoms in total. The smallest absolute Gasteiger partial charge is 0.130 e. The van der Waals surface area contributed by atoms with E-state index in [0.29, 0.717) is 0 Å². The fourth-order valence-corrected chi connectivity index (χ4v) is 3.98. The van der Waals surface area contributed by atoms with Crippen LogP contribution < -0.4 is 10.6 Å². The number of nitrogens with zero attached hydrogens (tertiary/aromatic N) is 3. The Morgan fingerprint density at radius 1 is 1.55 bits per heavy atom. The summed E-state index contributed by atoms with van der Waals surface area (Å²) in [6.07, 6.45) is 0.855. The van der Waals surface area contributed by atoms with Gasteiger partial charge in [0, 0.05) is 40.4 Å². The second-order valence-corrected chi connectivity index (χ2v) is 7.19. The lowest BCUT2D eigenvalue weighted by Gasteiger charge is -2.21. The quantitative estimate of drug-likeness (QED) is 0.895. The summed E-state index contributed by atoms with van der Waals surface area (Å²) in [5.41, 5.74) is 8.29. The number of hydrogen-bond donors (Lipinski definition) is 1. The number of rotatable bonds is 5. The van der Waals surface area contributed by atoms with Gasteiger partial charge in [-0.2, -0.15) is 5.10 Å². The molecule has 0 radical (unpaired) electrons. The predicted molar refractivity (Wildman–Crippen MR) is 89.4 cm³/mol. The lowest BCUT2D eigenvalue weighted by Crippen LogP contribution is -2.23. The third kappa shape index (κ3) is 3.42. The second kappa shape index (κ2) is 6.28. The fraction of sp³-hybridized carbons (Fsp3) is 0.500. The van der Waals surface area contributed by atoms with E-state index in [1.54, 1.807) is 11.3 Å². The Labute approximate surface area is 132 Å². The lowest BCUT2D eigenvalue weighted by molar-refractivity contribution is 0.716. The van der Waals surface area contributed by atoms with Crippen molar-refractivity contribution in [2.45, 2.75) is 32.9 Å². The highest BCUT2D eigenvalue weighted by Gasteiger charge is 2.18. The maximum absolute atomic E-state index is 5.97. The molecule has 0 bridgehead atoms. The molecule has 0 fully saturated rings. The van der Waals surface area contributed by atoms with Crippen LogP contribution in [0.15, 0.2) is 15.9 Å². The first-order valence-corrected chi connectivity index (χ1v) is 8.27. The van der Waals surface area contributed by atoms with Crippen LogP contribution in [0.1, 0.15) is 23.1 Å². The van der Waals surface area contributed by atoms with Gasteiger partial charge in [0.2, 0.25) is 0 Å². The van der Waals surface area contributed by atoms with Gasteiger partial charge in [0.1, 0.15) is 5.82 Å². The van der Waals surface area contributed by atoms with Crippen LogP contribution in [-0.4, -0.2) is 22.9 Å². The Kier molecular flexibility index (Phi) is 4.88. The number of aromatic nitrogens is 2. The van der Waals surface area contributed by atoms with E-state index >= 15 is 0 Å². The number of halogens is 1. The van der Waals surface area contributed by atoms with Crippen LogP contribution in [0.25, 0.3) is 0 Å². The minimum absolute atomic E-state index is 0.140. The van der Waals surface area contributed by atoms with Crippen LogP contribution >= 0.6 is 27.3 Å². The second-order valence-electron chi connectivity index (χ2n) is 5.28. The molecule has 2 aromatic rings. The molecule has 0 aliphatic carbocycles. The summed E-state index contributed by atoms with van der Waals surface area (Å²) in [5, 5.41) is 6.66. The molecule has 2 heterocycles. The zero-order valence-electron chi connectivity index (χ0n) is 12.4. The molecule has 20 heavy (non-hydrogen) atoms. The largest absolute Gasteiger partial charge is 0.355 e. The van der Waals surface area contributed by atoms with Crippen LogP contribution in [0.4, 0.5) is 5.82 Å². The normalized spacial score (nSPS) is 12.7. The molecule has 1 unspecified atom stereocenters. The van der Waals surface area contributed by atoms with E-state index < -0.39 is 0 Å². The number of anilines is 1. The van der Waals surface area contributed by atoms with E-state index in [2.05, 4.69) is 51.3 Å². The van der Waals surface area contributed by atoms with E-state index in [1.165, 1.54) is 10.4 Å². The summed E-state index contributed by atoms with van der Waals surface area (Å²) < 4.78 is 3.10. The Bertz CT molecular complexity index is 588. The van der Waals surface area contributed by atoms with E-state index in [0.717, 1.165) is 29.0 Å². The third-order valence-electron chi connectivity index (χ3n) is 3.22. The van der Waals surface area contributed by atoms with Gasteiger partial charge >= 0.3 is 0 Å². The monoisotopic (exact) mass is 356 g/mol. The highest BCUT2D eigenvalue weighted by atomic mass is 79.9. The van der Waals surface area contributed by atoms with Gasteiger partial charge in [-0.3, -0.25) is 4.68 Å². The third-order valence-corrected chi connectivity index (χ3v) is 4.90. The van der Waals surface area contributed by atoms with Crippen molar-refractivity contribution in [3.05, 3.63) is 32.1 Å². The van der Waals surface area contributed by atoms with Gasteiger partial charge in [0.05, 0.1) is 12.2 Å². The van der Waals surface area contributed by atoms with Gasteiger partial charge in [0.25, 0.3) is 0 Å². The zero-order valence-corrected chi connectivity index (χ0v) is 14.8. The van der Waals surface area contributed by atoms with Gasteiger partial charge in [-0.05, 0) is 42.3 Å². The first-order chi connectivity index (χ1) is 9.38. The van der Waals surface area contributed by atoms with Crippen molar-refractivity contribution in [3.63, 3.8) is 0 Å². The van der Waals surface area contributed by atoms with Crippen molar-refractivity contribution in [2.75, 3.05) is 11.9 Å². The minimum atomic E-state index is 0.140. The van der Waals surface area contributed by atoms with Gasteiger partial charge < -0.3 is 10.6 Å². The molecule has 0 amide bonds. The summed E-state index contributed by atoms with van der Waals surface area (Å²) in [6, 6.07) is 2.30. The molecule has 2 aromatic heterocycles. The Morgan fingerprint density at radius 3 is 2.80 bits per heavy atom. The zero-order chi connectivity index (χ0) is 14.9. The molecule has 0 aliphatic rings. The summed E-state index contributed by atoms with van der Waals surface area (Å²) in [5.74, 6) is 1.16. The van der Waals surface area contributed by atoms with Crippen molar-refractivity contribution in [1.29, 1.82) is 0 Å². The van der Waals surface area contributed by atoms with Crippen molar-refractivity contribution < 1.29 is 0 Å². The van der Waals surface area contributed by atoms with Crippen LogP contribution in [0.2, 0.25) is 0 Å². The van der Waals surface area contributed by atoms with E-state index in [9.17, 15) is 0 Å². The van der Waals surface area contributed by atoms with Gasteiger partial charge in [0.15, 0.2) is 0 Å². The van der Waals surface area contributed by atoms with Crippen LogP contribution in [0, 0.1) is 6.92 Å². The Morgan fingerprint density at radius 2 is 2.25 bits per heavy atom. The minimum Gasteiger partial charge on any atom is -0.355 e. The van der Waals surface area contributed by atoms with E-state index in [1.807, 2.05) is 18.7 Å². The first-order valence-electron chi connectivity index (χ1n) is 6.60. The molecule has 0 aromatic carbocycles. The lowest BCUT2D eigenvalue weighted by atomic mass is 10.1. The number of hydrogen-bond acceptors (Lipinski definition) is 4. The molecule has 0 spiro atoms. The number of aryl methyl sites for hydroxylation is 2. The van der Waals surface area contributed by atoms with E-state index in [4.69, 9.17) is 5.73 Å². The Hall–Kier alpha value is -0.850. The SMILES string of the molecule is Cc1nn(C)c(N(C)Cc2cc(Br)cs2)c1CC(C)N. The molecule has 110 valence electrons. The van der Waals surface area contributed by atoms with Crippen molar-refractivity contribution >= 4 is 33.1 Å². The maximum atomic E-state index is 5.97. The van der Waals surface area contributed by atoms with Crippen molar-refractivity contribution in [3.8, 4) is 0 Å². The summed E-state index contributed by atoms with van der Waals surface area (Å²) in [6.45, 7) is 4.96. The van der Waals surface area contributed by atoms with Crippen LogP contribution in [0.3, 0.4) is 0 Å². The maximum Gasteiger partial charge on any atom is 0.130 e. The molecule has 1 atom stereocenters. The Balaban J connectivity index is 2.26. The molecular formula is C14H21BrN4S. The molecular weight excluding hydrogens is 336 g/mol. The van der Waals surface area contributed by atoms with E-state index in [-0.39, 0.29) is 6.04 Å². The molecule has 0 aliphatic heterocycles. The molecule has 2 rings (SSSR count). The topological polar surface area (TPSA) is 47.1 Å². The standard InChI is InChI=1S/C14H21BrN4S/c1-9(16)5-13-10(2)17-19(4)14(13)18(3)7-12-6-11(15)8-20-12/h6,8-9H,5,7,16H2,1-4H3. The van der Waals surface area contributed by atoms with Gasteiger partial charge in [-0.15, -0.1) is 11.3 Å². The molecule has 0 saturated heterocycles. The highest BCUT2D eigenvalue weighted by Crippen LogP contribution is 2.27. The van der Waals surface area contributed by atoms with Crippen LogP contribution in [-0.2, 0) is 20.0 Å². The average molecular weight is 357 g/mol. The highest BCUT2D eigenvalue weighted by molar-refractivity contribution is 9.10. The first kappa shape index (κ1) is 15.5. The number of thiophene rings is 1.